The molecule has 1 aliphatic carbocycles. The van der Waals surface area contributed by atoms with Crippen LogP contribution in [0.5, 0.6) is 17.5 Å². The van der Waals surface area contributed by atoms with E-state index in [1.807, 2.05) is 50.2 Å². The second-order valence-corrected chi connectivity index (χ2v) is 19.6. The topological polar surface area (TPSA) is 130 Å². The summed E-state index contributed by atoms with van der Waals surface area (Å²) in [6.45, 7) is 12.4. The zero-order valence-electron chi connectivity index (χ0n) is 37.6. The quantitative estimate of drug-likeness (QED) is 0.111. The lowest BCUT2D eigenvalue weighted by molar-refractivity contribution is 0.0748. The van der Waals surface area contributed by atoms with E-state index in [9.17, 15) is 15.0 Å². The number of phenolic OH excluding ortho intramolecular Hbond substituents is 2. The molecule has 1 saturated carbocycles. The molecule has 3 saturated heterocycles. The molecule has 4 fully saturated rings. The predicted octanol–water partition coefficient (Wildman–Crippen LogP) is 7.57. The molecule has 11 rings (SSSR count). The van der Waals surface area contributed by atoms with E-state index in [4.69, 9.17) is 26.1 Å². The fourth-order valence-electron chi connectivity index (χ4n) is 10.8. The van der Waals surface area contributed by atoms with Gasteiger partial charge in [-0.1, -0.05) is 68.3 Å². The Morgan fingerprint density at radius 1 is 0.939 bits per heavy atom. The number of ether oxygens (including phenoxy) is 1. The summed E-state index contributed by atoms with van der Waals surface area (Å²) in [7, 11) is 0. The summed E-state index contributed by atoms with van der Waals surface area (Å²) in [5.41, 5.74) is 6.02. The van der Waals surface area contributed by atoms with Crippen molar-refractivity contribution in [2.45, 2.75) is 77.2 Å². The molecule has 2 unspecified atom stereocenters. The van der Waals surface area contributed by atoms with Gasteiger partial charge in [-0.15, -0.1) is 6.42 Å². The van der Waals surface area contributed by atoms with Crippen molar-refractivity contribution in [2.75, 3.05) is 57.3 Å². The maximum Gasteiger partial charge on any atom is 0.319 e. The number of anilines is 1. The lowest BCUT2D eigenvalue weighted by atomic mass is 9.97. The van der Waals surface area contributed by atoms with Crippen LogP contribution in [0, 0.1) is 23.6 Å². The molecule has 0 spiro atoms. The van der Waals surface area contributed by atoms with Crippen LogP contribution in [0.1, 0.15) is 83.6 Å². The number of aromatic nitrogens is 3. The normalized spacial score (nSPS) is 20.3. The average Bonchev–Trinajstić information content (AvgIpc) is 3.81. The lowest BCUT2D eigenvalue weighted by Crippen LogP contribution is -2.51. The van der Waals surface area contributed by atoms with Crippen LogP contribution in [-0.4, -0.2) is 110 Å². The van der Waals surface area contributed by atoms with Gasteiger partial charge in [-0.3, -0.25) is 14.7 Å². The molecular formula is C53H55FN8O4. The first-order chi connectivity index (χ1) is 32.0. The van der Waals surface area contributed by atoms with E-state index in [2.05, 4.69) is 44.1 Å². The Balaban J connectivity index is 0.756. The number of nitrogens with one attached hydrogen (secondary N) is 1. The summed E-state index contributed by atoms with van der Waals surface area (Å²) in [5, 5.41) is 26.8. The van der Waals surface area contributed by atoms with Gasteiger partial charge in [0.2, 0.25) is 0 Å². The minimum Gasteiger partial charge on any atom is -0.508 e. The number of aromatic hydroxyl groups is 2. The predicted molar refractivity (Wildman–Crippen MR) is 253 cm³/mol. The number of piperazine rings is 2. The fourth-order valence-corrected chi connectivity index (χ4v) is 10.8. The number of hydrogen-bond donors (Lipinski definition) is 3. The smallest absolute Gasteiger partial charge is 0.319 e. The number of nitrogens with zero attached hydrogens (tertiary/aromatic N) is 7. The Morgan fingerprint density at radius 3 is 2.42 bits per heavy atom. The number of carbonyl (C=O) groups is 1. The molecule has 4 aromatic carbocycles. The fraction of sp³-hybridized carbons (Fsp3) is 0.396. The third-order valence-corrected chi connectivity index (χ3v) is 14.6. The van der Waals surface area contributed by atoms with Crippen molar-refractivity contribution in [3.05, 3.63) is 112 Å². The molecule has 66 heavy (non-hydrogen) atoms. The number of hydrogen-bond acceptors (Lipinski definition) is 11. The molecule has 0 radical (unpaired) electrons. The number of amides is 1. The van der Waals surface area contributed by atoms with E-state index in [1.165, 1.54) is 11.6 Å². The van der Waals surface area contributed by atoms with Crippen molar-refractivity contribution < 1.29 is 24.1 Å². The maximum absolute atomic E-state index is 17.1. The highest BCUT2D eigenvalue weighted by molar-refractivity contribution is 6.02. The number of terminal acetylenes is 1. The van der Waals surface area contributed by atoms with Gasteiger partial charge in [0.15, 0.2) is 5.82 Å². The minimum atomic E-state index is -0.513. The summed E-state index contributed by atoms with van der Waals surface area (Å²) in [6.07, 6.45) is 11.9. The summed E-state index contributed by atoms with van der Waals surface area (Å²) in [4.78, 5) is 37.1. The molecule has 2 aromatic heterocycles. The maximum atomic E-state index is 17.1. The van der Waals surface area contributed by atoms with E-state index in [1.54, 1.807) is 17.2 Å². The van der Waals surface area contributed by atoms with Crippen molar-refractivity contribution in [3.8, 4) is 41.1 Å². The van der Waals surface area contributed by atoms with Gasteiger partial charge >= 0.3 is 6.01 Å². The third-order valence-electron chi connectivity index (χ3n) is 14.6. The molecule has 12 nitrogen and oxygen atoms in total. The van der Waals surface area contributed by atoms with Gasteiger partial charge in [0.25, 0.3) is 5.91 Å². The average molecular weight is 887 g/mol. The molecule has 2 atom stereocenters. The molecule has 6 heterocycles. The number of phenols is 2. The SMILES string of the molecule is C#Cc1cccc2cccc(-c3ncc4c(N5CC6CCC(C5)N6)nc(OCC5(CN6CCN(Cc7ccc8c(c7)CN(C(=O)c7cc(C(C)C)c(O)cc7O)C8)CC6)CC5)nc4c3F)c12. The molecular weight excluding hydrogens is 832 g/mol. The van der Waals surface area contributed by atoms with Gasteiger partial charge < -0.3 is 35.0 Å². The summed E-state index contributed by atoms with van der Waals surface area (Å²) in [6, 6.07) is 21.8. The number of pyridine rings is 1. The number of carbonyl (C=O) groups excluding carboxylic acids is 1. The monoisotopic (exact) mass is 886 g/mol. The van der Waals surface area contributed by atoms with Crippen LogP contribution in [-0.2, 0) is 19.6 Å². The summed E-state index contributed by atoms with van der Waals surface area (Å²) >= 11 is 0. The number of rotatable bonds is 11. The molecule has 1 amide bonds. The molecule has 3 N–H and O–H groups in total. The first-order valence-electron chi connectivity index (χ1n) is 23.4. The Kier molecular flexibility index (Phi) is 10.8. The van der Waals surface area contributed by atoms with E-state index >= 15 is 4.39 Å². The van der Waals surface area contributed by atoms with Crippen LogP contribution >= 0.6 is 0 Å². The van der Waals surface area contributed by atoms with Crippen LogP contribution in [0.15, 0.2) is 72.9 Å². The third kappa shape index (κ3) is 7.95. The standard InChI is InChI=1S/C53H55FN8O4/c1-4-34-7-5-8-35-9-6-10-40(46(34)35)48-47(54)49-43(24-55-48)50(61-28-38-13-14-39(29-61)56-38)58-52(57-49)66-31-53(15-16-53)30-60-19-17-59(18-20-60)25-33-11-12-36-26-62(27-37(36)21-33)51(65)42-22-41(32(2)3)44(63)23-45(42)64/h1,5-12,21-24,32,38-39,56,63-64H,13-20,25-31H2,2-3H3. The van der Waals surface area contributed by atoms with Gasteiger partial charge in [0, 0.05) is 112 Å². The van der Waals surface area contributed by atoms with Crippen LogP contribution < -0.4 is 15.0 Å². The van der Waals surface area contributed by atoms with Crippen molar-refractivity contribution in [1.29, 1.82) is 0 Å². The van der Waals surface area contributed by atoms with Gasteiger partial charge in [-0.2, -0.15) is 9.97 Å². The molecule has 2 bridgehead atoms. The van der Waals surface area contributed by atoms with Crippen LogP contribution in [0.2, 0.25) is 0 Å². The number of fused-ring (bicyclic) bond motifs is 5. The molecule has 4 aliphatic heterocycles. The highest BCUT2D eigenvalue weighted by Crippen LogP contribution is 2.47. The Labute approximate surface area is 384 Å². The van der Waals surface area contributed by atoms with E-state index in [0.29, 0.717) is 59.7 Å². The van der Waals surface area contributed by atoms with Crippen molar-refractivity contribution in [1.82, 2.24) is 35.0 Å². The van der Waals surface area contributed by atoms with Gasteiger partial charge in [-0.05, 0) is 71.4 Å². The van der Waals surface area contributed by atoms with Gasteiger partial charge in [0.05, 0.1) is 17.6 Å². The molecule has 6 aromatic rings. The van der Waals surface area contributed by atoms with Gasteiger partial charge in [0.1, 0.15) is 28.5 Å². The van der Waals surface area contributed by atoms with E-state index < -0.39 is 5.82 Å². The van der Waals surface area contributed by atoms with Crippen molar-refractivity contribution >= 4 is 33.4 Å². The van der Waals surface area contributed by atoms with Crippen molar-refractivity contribution in [3.63, 3.8) is 0 Å². The Hall–Kier alpha value is -6.33. The van der Waals surface area contributed by atoms with Crippen molar-refractivity contribution in [2.24, 2.45) is 5.41 Å². The zero-order chi connectivity index (χ0) is 45.3. The Morgan fingerprint density at radius 2 is 1.68 bits per heavy atom. The van der Waals surface area contributed by atoms with E-state index in [0.717, 1.165) is 99.9 Å². The number of benzene rings is 4. The van der Waals surface area contributed by atoms with Gasteiger partial charge in [-0.25, -0.2) is 4.39 Å². The molecule has 13 heteroatoms. The summed E-state index contributed by atoms with van der Waals surface area (Å²) < 4.78 is 23.6. The second kappa shape index (κ2) is 16.8. The van der Waals surface area contributed by atoms with Crippen LogP contribution in [0.4, 0.5) is 10.2 Å². The Bertz CT molecular complexity index is 2920. The zero-order valence-corrected chi connectivity index (χ0v) is 37.6. The second-order valence-electron chi connectivity index (χ2n) is 19.6. The largest absolute Gasteiger partial charge is 0.508 e. The first kappa shape index (κ1) is 42.3. The first-order valence-corrected chi connectivity index (χ1v) is 23.4. The van der Waals surface area contributed by atoms with Crippen LogP contribution in [0.25, 0.3) is 32.9 Å². The highest BCUT2D eigenvalue weighted by Gasteiger charge is 2.45. The lowest BCUT2D eigenvalue weighted by Gasteiger charge is -2.36. The van der Waals surface area contributed by atoms with E-state index in [-0.39, 0.29) is 51.5 Å². The van der Waals surface area contributed by atoms with Crippen LogP contribution in [0.3, 0.4) is 0 Å². The minimum absolute atomic E-state index is 0.000795. The molecule has 338 valence electrons. The summed E-state index contributed by atoms with van der Waals surface area (Å²) in [5.74, 6) is 2.50. The molecule has 5 aliphatic rings. The number of halogens is 1. The highest BCUT2D eigenvalue weighted by atomic mass is 19.1.